The van der Waals surface area contributed by atoms with Gasteiger partial charge in [0, 0.05) is 21.1 Å². The molecule has 0 fully saturated rings. The minimum atomic E-state index is 0. The van der Waals surface area contributed by atoms with E-state index in [1.165, 1.54) is 10.8 Å². The molecule has 0 amide bonds. The molecule has 0 aliphatic rings. The second-order valence-corrected chi connectivity index (χ2v) is 2.15. The first-order valence-corrected chi connectivity index (χ1v) is 3.07. The molecule has 0 N–H and O–H groups in total. The van der Waals surface area contributed by atoms with Gasteiger partial charge in [0.2, 0.25) is 0 Å². The van der Waals surface area contributed by atoms with Gasteiger partial charge in [0.25, 0.3) is 0 Å². The van der Waals surface area contributed by atoms with Crippen molar-refractivity contribution in [3.63, 3.8) is 0 Å². The second kappa shape index (κ2) is 3.07. The molecule has 0 aromatic heterocycles. The summed E-state index contributed by atoms with van der Waals surface area (Å²) in [5.74, 6) is 0. The van der Waals surface area contributed by atoms with Crippen LogP contribution in [0.5, 0.6) is 0 Å². The maximum absolute atomic E-state index is 2.12. The standard InChI is InChI=1S/C9H7.W/c1-2-5-9-7-3-6-8(9)4-1;/h1-7H;/q-1;. The van der Waals surface area contributed by atoms with Gasteiger partial charge in [-0.3, -0.25) is 0 Å². The third-order valence-corrected chi connectivity index (χ3v) is 1.55. The summed E-state index contributed by atoms with van der Waals surface area (Å²) in [5.41, 5.74) is 0. The van der Waals surface area contributed by atoms with Gasteiger partial charge in [-0.15, -0.1) is 29.7 Å². The van der Waals surface area contributed by atoms with Gasteiger partial charge >= 0.3 is 0 Å². The van der Waals surface area contributed by atoms with Crippen LogP contribution in [0.4, 0.5) is 0 Å². The Morgan fingerprint density at radius 2 is 1.80 bits per heavy atom. The van der Waals surface area contributed by atoms with E-state index < -0.39 is 0 Å². The van der Waals surface area contributed by atoms with Crippen molar-refractivity contribution in [3.05, 3.63) is 42.5 Å². The Balaban J connectivity index is 0.000000500. The van der Waals surface area contributed by atoms with Gasteiger partial charge in [-0.05, 0) is 0 Å². The maximum Gasteiger partial charge on any atom is 0 e. The maximum atomic E-state index is 2.12. The summed E-state index contributed by atoms with van der Waals surface area (Å²) in [6, 6.07) is 14.7. The largest absolute Gasteiger partial charge is 0.168 e. The first kappa shape index (κ1) is 7.62. The molecule has 1 heteroatoms. The summed E-state index contributed by atoms with van der Waals surface area (Å²) in [7, 11) is 0. The molecule has 0 heterocycles. The van der Waals surface area contributed by atoms with Gasteiger partial charge in [0.15, 0.2) is 0 Å². The predicted octanol–water partition coefficient (Wildman–Crippen LogP) is 2.56. The first-order chi connectivity index (χ1) is 4.47. The van der Waals surface area contributed by atoms with Crippen LogP contribution in [0, 0.1) is 0 Å². The molecule has 2 aromatic rings. The van der Waals surface area contributed by atoms with E-state index in [1.54, 1.807) is 0 Å². The van der Waals surface area contributed by atoms with Gasteiger partial charge in [0.05, 0.1) is 0 Å². The van der Waals surface area contributed by atoms with Crippen molar-refractivity contribution >= 4 is 10.8 Å². The quantitative estimate of drug-likeness (QED) is 0.656. The summed E-state index contributed by atoms with van der Waals surface area (Å²) in [4.78, 5) is 0. The minimum absolute atomic E-state index is 0. The molecule has 2 aromatic carbocycles. The Morgan fingerprint density at radius 3 is 2.60 bits per heavy atom. The van der Waals surface area contributed by atoms with E-state index in [1.807, 2.05) is 0 Å². The van der Waals surface area contributed by atoms with E-state index >= 15 is 0 Å². The fourth-order valence-corrected chi connectivity index (χ4v) is 1.07. The van der Waals surface area contributed by atoms with Crippen molar-refractivity contribution < 1.29 is 21.1 Å². The van der Waals surface area contributed by atoms with Crippen LogP contribution in [0.1, 0.15) is 0 Å². The van der Waals surface area contributed by atoms with Crippen LogP contribution in [0.15, 0.2) is 42.5 Å². The Bertz CT molecular complexity index is 279. The predicted molar refractivity (Wildman–Crippen MR) is 39.5 cm³/mol. The minimum Gasteiger partial charge on any atom is -0.168 e. The van der Waals surface area contributed by atoms with Crippen molar-refractivity contribution in [3.8, 4) is 0 Å². The molecular weight excluding hydrogens is 292 g/mol. The van der Waals surface area contributed by atoms with E-state index in [-0.39, 0.29) is 21.1 Å². The van der Waals surface area contributed by atoms with Gasteiger partial charge in [0.1, 0.15) is 0 Å². The van der Waals surface area contributed by atoms with Crippen molar-refractivity contribution in [1.82, 2.24) is 0 Å². The third kappa shape index (κ3) is 1.17. The Kier molecular flexibility index (Phi) is 2.34. The van der Waals surface area contributed by atoms with E-state index in [0.717, 1.165) is 0 Å². The number of hydrogen-bond donors (Lipinski definition) is 0. The van der Waals surface area contributed by atoms with Crippen LogP contribution in [0.3, 0.4) is 0 Å². The Hall–Kier alpha value is -0.482. The zero-order valence-electron chi connectivity index (χ0n) is 5.45. The van der Waals surface area contributed by atoms with Crippen molar-refractivity contribution in [1.29, 1.82) is 0 Å². The molecule has 2 rings (SSSR count). The molecule has 0 atom stereocenters. The van der Waals surface area contributed by atoms with Crippen LogP contribution in [-0.4, -0.2) is 0 Å². The van der Waals surface area contributed by atoms with Gasteiger partial charge in [-0.25, -0.2) is 0 Å². The fourth-order valence-electron chi connectivity index (χ4n) is 1.07. The van der Waals surface area contributed by atoms with Crippen molar-refractivity contribution in [2.75, 3.05) is 0 Å². The van der Waals surface area contributed by atoms with Crippen LogP contribution in [0.2, 0.25) is 0 Å². The van der Waals surface area contributed by atoms with Crippen LogP contribution in [0.25, 0.3) is 10.8 Å². The number of fused-ring (bicyclic) bond motifs is 1. The molecular formula is C9H7W-. The summed E-state index contributed by atoms with van der Waals surface area (Å²) >= 11 is 0. The Labute approximate surface area is 74.5 Å². The molecule has 0 aliphatic carbocycles. The SMILES string of the molecule is [W].c1ccc2[cH-]ccc2c1. The molecule has 0 saturated heterocycles. The molecule has 50 valence electrons. The average Bonchev–Trinajstić information content (AvgIpc) is 2.33. The smallest absolute Gasteiger partial charge is 0 e. The fraction of sp³-hybridized carbons (Fsp3) is 0. The Morgan fingerprint density at radius 1 is 1.00 bits per heavy atom. The normalized spacial score (nSPS) is 9.20. The van der Waals surface area contributed by atoms with E-state index in [2.05, 4.69) is 42.5 Å². The van der Waals surface area contributed by atoms with Crippen molar-refractivity contribution in [2.45, 2.75) is 0 Å². The van der Waals surface area contributed by atoms with E-state index in [9.17, 15) is 0 Å². The molecule has 0 unspecified atom stereocenters. The molecule has 0 saturated carbocycles. The zero-order valence-corrected chi connectivity index (χ0v) is 8.38. The number of rotatable bonds is 0. The summed E-state index contributed by atoms with van der Waals surface area (Å²) in [6.45, 7) is 0. The van der Waals surface area contributed by atoms with Crippen LogP contribution < -0.4 is 0 Å². The molecule has 0 bridgehead atoms. The van der Waals surface area contributed by atoms with Crippen LogP contribution >= 0.6 is 0 Å². The van der Waals surface area contributed by atoms with Gasteiger partial charge < -0.3 is 0 Å². The van der Waals surface area contributed by atoms with Gasteiger partial charge in [-0.1, -0.05) is 6.07 Å². The zero-order chi connectivity index (χ0) is 6.10. The summed E-state index contributed by atoms with van der Waals surface area (Å²) in [6.07, 6.45) is 0. The topological polar surface area (TPSA) is 0 Å². The monoisotopic (exact) mass is 299 g/mol. The van der Waals surface area contributed by atoms with Gasteiger partial charge in [-0.2, -0.15) is 17.5 Å². The molecule has 10 heavy (non-hydrogen) atoms. The van der Waals surface area contributed by atoms with E-state index in [0.29, 0.717) is 0 Å². The van der Waals surface area contributed by atoms with E-state index in [4.69, 9.17) is 0 Å². The molecule has 0 radical (unpaired) electrons. The molecule has 0 spiro atoms. The molecule has 0 nitrogen and oxygen atoms in total. The molecule has 0 aliphatic heterocycles. The third-order valence-electron chi connectivity index (χ3n) is 1.55. The first-order valence-electron chi connectivity index (χ1n) is 3.07. The number of benzene rings is 1. The van der Waals surface area contributed by atoms with Crippen LogP contribution in [-0.2, 0) is 21.1 Å². The number of hydrogen-bond acceptors (Lipinski definition) is 0. The van der Waals surface area contributed by atoms with Crippen molar-refractivity contribution in [2.24, 2.45) is 0 Å². The second-order valence-electron chi connectivity index (χ2n) is 2.15. The average molecular weight is 299 g/mol. The summed E-state index contributed by atoms with van der Waals surface area (Å²) in [5, 5.41) is 2.66. The summed E-state index contributed by atoms with van der Waals surface area (Å²) < 4.78 is 0.